The molecule has 5 nitrogen and oxygen atoms in total. The average Bonchev–Trinajstić information content (AvgIpc) is 2.64. The average molecular weight is 414 g/mol. The molecule has 3 aromatic rings. The fourth-order valence-corrected chi connectivity index (χ4v) is 2.52. The zero-order valence-electron chi connectivity index (χ0n) is 14.1. The van der Waals surface area contributed by atoms with Gasteiger partial charge in [0, 0.05) is 18.7 Å². The van der Waals surface area contributed by atoms with Gasteiger partial charge >= 0.3 is 0 Å². The van der Waals surface area contributed by atoms with E-state index in [-0.39, 0.29) is 35.3 Å². The van der Waals surface area contributed by atoms with Crippen LogP contribution in [0.15, 0.2) is 47.4 Å². The second-order valence-corrected chi connectivity index (χ2v) is 5.91. The lowest BCUT2D eigenvalue weighted by Gasteiger charge is -2.12. The quantitative estimate of drug-likeness (QED) is 0.491. The van der Waals surface area contributed by atoms with Crippen LogP contribution in [0.25, 0.3) is 5.69 Å². The molecule has 10 heteroatoms. The Bertz CT molecular complexity index is 1080. The van der Waals surface area contributed by atoms with Crippen LogP contribution >= 0.6 is 11.6 Å². The van der Waals surface area contributed by atoms with Gasteiger partial charge in [-0.25, -0.2) is 17.6 Å². The van der Waals surface area contributed by atoms with E-state index >= 15 is 0 Å². The number of halogens is 5. The van der Waals surface area contributed by atoms with Gasteiger partial charge in [0.1, 0.15) is 29.0 Å². The number of nitrogens with one attached hydrogen (secondary N) is 1. The Hall–Kier alpha value is -3.07. The zero-order chi connectivity index (χ0) is 20.3. The number of hydrogen-bond acceptors (Lipinski definition) is 4. The Labute approximate surface area is 161 Å². The van der Waals surface area contributed by atoms with Gasteiger partial charge in [-0.1, -0.05) is 11.6 Å². The lowest BCUT2D eigenvalue weighted by Crippen LogP contribution is -2.24. The van der Waals surface area contributed by atoms with E-state index in [1.54, 1.807) is 0 Å². The molecule has 0 spiro atoms. The second-order valence-electron chi connectivity index (χ2n) is 5.53. The van der Waals surface area contributed by atoms with E-state index in [2.05, 4.69) is 10.4 Å². The van der Waals surface area contributed by atoms with Crippen LogP contribution in [0.2, 0.25) is 5.02 Å². The van der Waals surface area contributed by atoms with Crippen molar-refractivity contribution in [3.05, 3.63) is 81.2 Å². The topological polar surface area (TPSA) is 56.1 Å². The van der Waals surface area contributed by atoms with E-state index in [1.807, 2.05) is 0 Å². The lowest BCUT2D eigenvalue weighted by molar-refractivity contribution is 0.314. The van der Waals surface area contributed by atoms with Crippen LogP contribution in [0, 0.1) is 23.3 Å². The van der Waals surface area contributed by atoms with Gasteiger partial charge in [-0.05, 0) is 24.3 Å². The fraction of sp³-hybridized carbons (Fsp3) is 0.111. The number of nitrogens with zero attached hydrogens (tertiary/aromatic N) is 2. The first-order chi connectivity index (χ1) is 13.4. The largest absolute Gasteiger partial charge is 0.489 e. The molecule has 28 heavy (non-hydrogen) atoms. The highest BCUT2D eigenvalue weighted by atomic mass is 35.5. The molecule has 0 bridgehead atoms. The van der Waals surface area contributed by atoms with E-state index in [1.165, 1.54) is 6.20 Å². The summed E-state index contributed by atoms with van der Waals surface area (Å²) in [7, 11) is 0. The van der Waals surface area contributed by atoms with Crippen molar-refractivity contribution in [1.29, 1.82) is 0 Å². The smallest absolute Gasteiger partial charge is 0.292 e. The summed E-state index contributed by atoms with van der Waals surface area (Å²) in [5.74, 6) is -3.46. The standard InChI is InChI=1S/C18H12ClF4N3O2/c19-17-14(24-5-6-28-16-4-2-11(21)8-13(16)23)9-25-26(18(17)27)15-3-1-10(20)7-12(15)22/h1-4,7-9,24H,5-6H2. The Balaban J connectivity index is 1.68. The monoisotopic (exact) mass is 413 g/mol. The van der Waals surface area contributed by atoms with Crippen molar-refractivity contribution < 1.29 is 22.3 Å². The van der Waals surface area contributed by atoms with Crippen molar-refractivity contribution in [3.63, 3.8) is 0 Å². The molecule has 0 unspecified atom stereocenters. The van der Waals surface area contributed by atoms with Crippen molar-refractivity contribution in [2.45, 2.75) is 0 Å². The van der Waals surface area contributed by atoms with E-state index in [4.69, 9.17) is 16.3 Å². The van der Waals surface area contributed by atoms with Crippen LogP contribution < -0.4 is 15.6 Å². The molecule has 1 heterocycles. The van der Waals surface area contributed by atoms with Gasteiger partial charge in [0.05, 0.1) is 11.9 Å². The lowest BCUT2D eigenvalue weighted by atomic mass is 10.3. The Morgan fingerprint density at radius 2 is 1.71 bits per heavy atom. The molecule has 0 fully saturated rings. The van der Waals surface area contributed by atoms with Crippen LogP contribution in [0.5, 0.6) is 5.75 Å². The summed E-state index contributed by atoms with van der Waals surface area (Å²) >= 11 is 6.00. The highest BCUT2D eigenvalue weighted by molar-refractivity contribution is 6.32. The first-order valence-electron chi connectivity index (χ1n) is 7.92. The van der Waals surface area contributed by atoms with Crippen molar-refractivity contribution >= 4 is 17.3 Å². The highest BCUT2D eigenvalue weighted by Crippen LogP contribution is 2.19. The van der Waals surface area contributed by atoms with Gasteiger partial charge in [-0.2, -0.15) is 9.78 Å². The Morgan fingerprint density at radius 3 is 2.39 bits per heavy atom. The summed E-state index contributed by atoms with van der Waals surface area (Å²) in [6.45, 7) is 0.0983. The molecule has 0 aliphatic carbocycles. The van der Waals surface area contributed by atoms with Gasteiger partial charge in [-0.3, -0.25) is 4.79 Å². The summed E-state index contributed by atoms with van der Waals surface area (Å²) in [6, 6.07) is 5.57. The first-order valence-corrected chi connectivity index (χ1v) is 8.29. The third kappa shape index (κ3) is 4.25. The highest BCUT2D eigenvalue weighted by Gasteiger charge is 2.14. The third-order valence-corrected chi connectivity index (χ3v) is 3.99. The van der Waals surface area contributed by atoms with Gasteiger partial charge in [-0.15, -0.1) is 0 Å². The minimum Gasteiger partial charge on any atom is -0.489 e. The molecule has 2 aromatic carbocycles. The van der Waals surface area contributed by atoms with E-state index < -0.39 is 28.8 Å². The van der Waals surface area contributed by atoms with Crippen molar-refractivity contribution in [3.8, 4) is 11.4 Å². The predicted octanol–water partition coefficient (Wildman–Crippen LogP) is 3.93. The Kier molecular flexibility index (Phi) is 5.84. The number of anilines is 1. The normalized spacial score (nSPS) is 10.8. The van der Waals surface area contributed by atoms with Crippen LogP contribution in [0.4, 0.5) is 23.2 Å². The molecular formula is C18H12ClF4N3O2. The molecule has 0 aliphatic rings. The molecular weight excluding hydrogens is 402 g/mol. The number of benzene rings is 2. The third-order valence-electron chi connectivity index (χ3n) is 3.63. The van der Waals surface area contributed by atoms with Crippen LogP contribution in [-0.2, 0) is 0 Å². The van der Waals surface area contributed by atoms with Gasteiger partial charge in [0.15, 0.2) is 17.4 Å². The molecule has 0 atom stereocenters. The summed E-state index contributed by atoms with van der Waals surface area (Å²) in [5, 5.41) is 6.32. The van der Waals surface area contributed by atoms with Gasteiger partial charge < -0.3 is 10.1 Å². The molecule has 1 N–H and O–H groups in total. The van der Waals surface area contributed by atoms with E-state index in [9.17, 15) is 22.4 Å². The maximum atomic E-state index is 13.8. The van der Waals surface area contributed by atoms with Crippen LogP contribution in [-0.4, -0.2) is 22.9 Å². The number of aromatic nitrogens is 2. The van der Waals surface area contributed by atoms with Crippen LogP contribution in [0.3, 0.4) is 0 Å². The summed E-state index contributed by atoms with van der Waals surface area (Å²) < 4.78 is 59.0. The van der Waals surface area contributed by atoms with Gasteiger partial charge in [0.25, 0.3) is 5.56 Å². The Morgan fingerprint density at radius 1 is 1.04 bits per heavy atom. The summed E-state index contributed by atoms with van der Waals surface area (Å²) in [6.07, 6.45) is 1.19. The SMILES string of the molecule is O=c1c(Cl)c(NCCOc2ccc(F)cc2F)cnn1-c1ccc(F)cc1F. The minimum absolute atomic E-state index is 0.0193. The number of rotatable bonds is 6. The van der Waals surface area contributed by atoms with Crippen molar-refractivity contribution in [1.82, 2.24) is 9.78 Å². The molecule has 1 aromatic heterocycles. The zero-order valence-corrected chi connectivity index (χ0v) is 14.8. The fourth-order valence-electron chi connectivity index (χ4n) is 2.32. The molecule has 0 saturated heterocycles. The molecule has 0 amide bonds. The number of hydrogen-bond donors (Lipinski definition) is 1. The van der Waals surface area contributed by atoms with E-state index in [0.717, 1.165) is 24.3 Å². The molecule has 3 rings (SSSR count). The predicted molar refractivity (Wildman–Crippen MR) is 95.1 cm³/mol. The first kappa shape index (κ1) is 19.7. The van der Waals surface area contributed by atoms with Crippen molar-refractivity contribution in [2.24, 2.45) is 0 Å². The van der Waals surface area contributed by atoms with Crippen molar-refractivity contribution in [2.75, 3.05) is 18.5 Å². The molecule has 0 saturated carbocycles. The molecule has 0 aliphatic heterocycles. The summed E-state index contributed by atoms with van der Waals surface area (Å²) in [4.78, 5) is 12.3. The maximum absolute atomic E-state index is 13.8. The second kappa shape index (κ2) is 8.30. The van der Waals surface area contributed by atoms with E-state index in [0.29, 0.717) is 16.8 Å². The van der Waals surface area contributed by atoms with Gasteiger partial charge in [0.2, 0.25) is 0 Å². The van der Waals surface area contributed by atoms with Crippen LogP contribution in [0.1, 0.15) is 0 Å². The number of ether oxygens (including phenoxy) is 1. The summed E-state index contributed by atoms with van der Waals surface area (Å²) in [5.41, 5.74) is -0.925. The molecule has 146 valence electrons. The minimum atomic E-state index is -0.971. The molecule has 0 radical (unpaired) electrons. The maximum Gasteiger partial charge on any atom is 0.292 e.